The second-order valence-corrected chi connectivity index (χ2v) is 3.51. The van der Waals surface area contributed by atoms with E-state index in [9.17, 15) is 4.79 Å². The van der Waals surface area contributed by atoms with Crippen LogP contribution in [0.5, 0.6) is 0 Å². The van der Waals surface area contributed by atoms with E-state index in [-0.39, 0.29) is 5.97 Å². The Bertz CT molecular complexity index is 230. The Morgan fingerprint density at radius 3 is 2.15 bits per heavy atom. The Morgan fingerprint density at radius 1 is 1.31 bits per heavy atom. The number of rotatable bonds is 3. The van der Waals surface area contributed by atoms with Crippen molar-refractivity contribution in [3.63, 3.8) is 0 Å². The minimum atomic E-state index is -0.267. The summed E-state index contributed by atoms with van der Waals surface area (Å²) in [4.78, 5) is 11.2. The Balaban J connectivity index is 4.67. The third-order valence-corrected chi connectivity index (χ3v) is 1.59. The average Bonchev–Trinajstić information content (AvgIpc) is 2.03. The highest BCUT2D eigenvalue weighted by atomic mass is 16.5. The molecule has 13 heavy (non-hydrogen) atoms. The summed E-state index contributed by atoms with van der Waals surface area (Å²) < 4.78 is 4.66. The lowest BCUT2D eigenvalue weighted by Gasteiger charge is -2.02. The van der Waals surface area contributed by atoms with Gasteiger partial charge in [0.15, 0.2) is 0 Å². The molecule has 0 bridgehead atoms. The van der Waals surface area contributed by atoms with Gasteiger partial charge in [-0.3, -0.25) is 0 Å². The molecule has 0 aliphatic carbocycles. The number of hydrogen-bond donors (Lipinski definition) is 0. The van der Waals surface area contributed by atoms with Gasteiger partial charge in [-0.25, -0.2) is 4.79 Å². The van der Waals surface area contributed by atoms with E-state index in [2.05, 4.69) is 18.6 Å². The zero-order chi connectivity index (χ0) is 10.4. The smallest absolute Gasteiger partial charge is 0.337 e. The molecule has 0 aromatic carbocycles. The fraction of sp³-hybridized carbons (Fsp3) is 0.545. The number of carbonyl (C=O) groups excluding carboxylic acids is 1. The number of allylic oxidation sites excluding steroid dienone is 2. The lowest BCUT2D eigenvalue weighted by molar-refractivity contribution is -0.135. The largest absolute Gasteiger partial charge is 0.465 e. The highest BCUT2D eigenvalue weighted by Crippen LogP contribution is 2.08. The molecule has 74 valence electrons. The minimum absolute atomic E-state index is 0.267. The fourth-order valence-corrected chi connectivity index (χ4v) is 0.837. The van der Waals surface area contributed by atoms with Crippen molar-refractivity contribution in [1.82, 2.24) is 0 Å². The van der Waals surface area contributed by atoms with Crippen LogP contribution in [0.15, 0.2) is 23.3 Å². The monoisotopic (exact) mass is 182 g/mol. The Labute approximate surface area is 80.3 Å². The first-order chi connectivity index (χ1) is 5.99. The maximum absolute atomic E-state index is 11.2. The molecular formula is C11H18O2. The van der Waals surface area contributed by atoms with Crippen molar-refractivity contribution in [2.45, 2.75) is 27.7 Å². The van der Waals surface area contributed by atoms with Gasteiger partial charge in [0.1, 0.15) is 0 Å². The van der Waals surface area contributed by atoms with E-state index in [1.807, 2.05) is 26.0 Å². The molecule has 0 atom stereocenters. The molecule has 0 aromatic heterocycles. The zero-order valence-corrected chi connectivity index (χ0v) is 9.05. The first kappa shape index (κ1) is 11.9. The third-order valence-electron chi connectivity index (χ3n) is 1.59. The molecule has 0 aliphatic heterocycles. The van der Waals surface area contributed by atoms with Crippen molar-refractivity contribution in [3.05, 3.63) is 23.3 Å². The SMILES string of the molecule is COC(=O)C(/C=C/C(C)C)=C(C)C. The summed E-state index contributed by atoms with van der Waals surface area (Å²) in [6.07, 6.45) is 3.81. The summed E-state index contributed by atoms with van der Waals surface area (Å²) in [6.45, 7) is 7.93. The molecule has 0 saturated heterocycles. The van der Waals surface area contributed by atoms with Crippen LogP contribution in [0.2, 0.25) is 0 Å². The number of hydrogen-bond acceptors (Lipinski definition) is 2. The molecule has 0 heterocycles. The maximum atomic E-state index is 11.2. The minimum Gasteiger partial charge on any atom is -0.465 e. The molecule has 0 aromatic rings. The van der Waals surface area contributed by atoms with Gasteiger partial charge < -0.3 is 4.74 Å². The number of methoxy groups -OCH3 is 1. The van der Waals surface area contributed by atoms with Gasteiger partial charge in [0, 0.05) is 0 Å². The molecule has 0 fully saturated rings. The van der Waals surface area contributed by atoms with Gasteiger partial charge in [-0.15, -0.1) is 0 Å². The highest BCUT2D eigenvalue weighted by molar-refractivity contribution is 5.92. The van der Waals surface area contributed by atoms with Crippen LogP contribution in [0, 0.1) is 5.92 Å². The van der Waals surface area contributed by atoms with E-state index in [0.717, 1.165) is 5.57 Å². The van der Waals surface area contributed by atoms with E-state index < -0.39 is 0 Å². The first-order valence-corrected chi connectivity index (χ1v) is 4.43. The Morgan fingerprint density at radius 2 is 1.85 bits per heavy atom. The lowest BCUT2D eigenvalue weighted by Crippen LogP contribution is -2.04. The quantitative estimate of drug-likeness (QED) is 0.381. The lowest BCUT2D eigenvalue weighted by atomic mass is 10.1. The second kappa shape index (κ2) is 5.57. The van der Waals surface area contributed by atoms with Gasteiger partial charge in [0.2, 0.25) is 0 Å². The van der Waals surface area contributed by atoms with Crippen LogP contribution in [0.3, 0.4) is 0 Å². The summed E-state index contributed by atoms with van der Waals surface area (Å²) in [7, 11) is 1.40. The Hall–Kier alpha value is -1.05. The van der Waals surface area contributed by atoms with E-state index in [4.69, 9.17) is 0 Å². The van der Waals surface area contributed by atoms with Crippen LogP contribution < -0.4 is 0 Å². The van der Waals surface area contributed by atoms with E-state index in [0.29, 0.717) is 11.5 Å². The van der Waals surface area contributed by atoms with Crippen molar-refractivity contribution in [2.24, 2.45) is 5.92 Å². The standard InChI is InChI=1S/C11H18O2/c1-8(2)6-7-10(9(3)4)11(12)13-5/h6-8H,1-5H3/b7-6+. The predicted molar refractivity (Wildman–Crippen MR) is 54.4 cm³/mol. The van der Waals surface area contributed by atoms with Gasteiger partial charge in [-0.2, -0.15) is 0 Å². The fourth-order valence-electron chi connectivity index (χ4n) is 0.837. The predicted octanol–water partition coefficient (Wildman–Crippen LogP) is 2.71. The van der Waals surface area contributed by atoms with Crippen molar-refractivity contribution in [3.8, 4) is 0 Å². The molecule has 0 saturated carbocycles. The van der Waals surface area contributed by atoms with E-state index >= 15 is 0 Å². The van der Waals surface area contributed by atoms with Gasteiger partial charge in [-0.1, -0.05) is 31.6 Å². The molecule has 0 rings (SSSR count). The molecular weight excluding hydrogens is 164 g/mol. The normalized spacial score (nSPS) is 10.6. The van der Waals surface area contributed by atoms with E-state index in [1.54, 1.807) is 0 Å². The van der Waals surface area contributed by atoms with Crippen LogP contribution >= 0.6 is 0 Å². The Kier molecular flexibility index (Phi) is 5.12. The van der Waals surface area contributed by atoms with Crippen LogP contribution in [0.25, 0.3) is 0 Å². The molecule has 0 unspecified atom stereocenters. The van der Waals surface area contributed by atoms with Crippen molar-refractivity contribution in [2.75, 3.05) is 7.11 Å². The van der Waals surface area contributed by atoms with Crippen molar-refractivity contribution in [1.29, 1.82) is 0 Å². The second-order valence-electron chi connectivity index (χ2n) is 3.51. The number of carbonyl (C=O) groups is 1. The highest BCUT2D eigenvalue weighted by Gasteiger charge is 2.07. The average molecular weight is 182 g/mol. The zero-order valence-electron chi connectivity index (χ0n) is 9.05. The summed E-state index contributed by atoms with van der Waals surface area (Å²) in [5.74, 6) is 0.177. The molecule has 0 spiro atoms. The molecule has 2 nitrogen and oxygen atoms in total. The maximum Gasteiger partial charge on any atom is 0.337 e. The van der Waals surface area contributed by atoms with Crippen molar-refractivity contribution < 1.29 is 9.53 Å². The van der Waals surface area contributed by atoms with Crippen molar-refractivity contribution >= 4 is 5.97 Å². The summed E-state index contributed by atoms with van der Waals surface area (Å²) in [5.41, 5.74) is 1.62. The summed E-state index contributed by atoms with van der Waals surface area (Å²) >= 11 is 0. The van der Waals surface area contributed by atoms with Crippen LogP contribution in [-0.4, -0.2) is 13.1 Å². The first-order valence-electron chi connectivity index (χ1n) is 4.43. The molecule has 0 amide bonds. The van der Waals surface area contributed by atoms with Gasteiger partial charge in [0.25, 0.3) is 0 Å². The molecule has 0 N–H and O–H groups in total. The summed E-state index contributed by atoms with van der Waals surface area (Å²) in [5, 5.41) is 0. The summed E-state index contributed by atoms with van der Waals surface area (Å²) in [6, 6.07) is 0. The third kappa shape index (κ3) is 4.51. The van der Waals surface area contributed by atoms with Gasteiger partial charge in [-0.05, 0) is 19.8 Å². The number of ether oxygens (including phenoxy) is 1. The van der Waals surface area contributed by atoms with Gasteiger partial charge >= 0.3 is 5.97 Å². The molecule has 0 radical (unpaired) electrons. The van der Waals surface area contributed by atoms with E-state index in [1.165, 1.54) is 7.11 Å². The number of esters is 1. The van der Waals surface area contributed by atoms with Crippen LogP contribution in [0.4, 0.5) is 0 Å². The van der Waals surface area contributed by atoms with Gasteiger partial charge in [0.05, 0.1) is 12.7 Å². The molecule has 0 aliphatic rings. The van der Waals surface area contributed by atoms with Crippen LogP contribution in [0.1, 0.15) is 27.7 Å². The topological polar surface area (TPSA) is 26.3 Å². The molecule has 2 heteroatoms. The van der Waals surface area contributed by atoms with Crippen LogP contribution in [-0.2, 0) is 9.53 Å².